The van der Waals surface area contributed by atoms with Gasteiger partial charge in [-0.3, -0.25) is 18.8 Å². The minimum Gasteiger partial charge on any atom is -0.309 e. The van der Waals surface area contributed by atoms with Crippen LogP contribution in [-0.4, -0.2) is 57.0 Å². The van der Waals surface area contributed by atoms with Crippen LogP contribution >= 0.6 is 0 Å². The highest BCUT2D eigenvalue weighted by Crippen LogP contribution is 2.52. The van der Waals surface area contributed by atoms with Crippen molar-refractivity contribution in [3.05, 3.63) is 280 Å². The van der Waals surface area contributed by atoms with Crippen LogP contribution in [0.15, 0.2) is 280 Å². The van der Waals surface area contributed by atoms with Gasteiger partial charge in [-0.15, -0.1) is 0 Å². The molecule has 0 N–H and O–H groups in total. The first-order chi connectivity index (χ1) is 49.7. The number of rotatable bonds is 4. The number of para-hydroxylation sites is 8. The van der Waals surface area contributed by atoms with Crippen LogP contribution in [0.5, 0.6) is 0 Å². The molecule has 13 aromatic heterocycles. The van der Waals surface area contributed by atoms with Crippen molar-refractivity contribution in [1.29, 1.82) is 0 Å². The van der Waals surface area contributed by atoms with E-state index >= 15 is 0 Å². The van der Waals surface area contributed by atoms with Gasteiger partial charge in [0, 0.05) is 121 Å². The first-order valence-corrected chi connectivity index (χ1v) is 33.9. The fourth-order valence-electron chi connectivity index (χ4n) is 18.3. The standard InChI is InChI=1S/C88H46N12/c1-9-29-67-51(19-1)52-20-2-10-30-68(52)95(67)47-39-61-63-43-49(97-71-33-13-5-23-55(71)56-24-6-14-34-72(56)97)45-91-87(63)99-83(61)65(41-47)75-79-80(94-82-78-60(28-18-38-90-78)59-27-17-37-89-77(59)81(82)93-79)76-66-42-48(96-69-31-11-3-21-53(69)54-22-4-12-32-70(54)96)40-62-64-44-50(46-92-88(64)100(84(62)66)86(76)85(75)99)98-73-35-15-7-25-57(73)58-26-8-16-36-74(58)98/h1-46H. The molecule has 12 aromatic carbocycles. The maximum Gasteiger partial charge on any atom is 0.145 e. The number of pyridine rings is 4. The summed E-state index contributed by atoms with van der Waals surface area (Å²) in [4.78, 5) is 34.2. The fraction of sp³-hybridized carbons (Fsp3) is 0. The molecular weight excluding hydrogens is 1230 g/mol. The van der Waals surface area contributed by atoms with Crippen LogP contribution in [0, 0.1) is 0 Å². The van der Waals surface area contributed by atoms with E-state index in [-0.39, 0.29) is 0 Å². The van der Waals surface area contributed by atoms with E-state index in [1.807, 2.05) is 24.5 Å². The number of hydrogen-bond donors (Lipinski definition) is 0. The van der Waals surface area contributed by atoms with Gasteiger partial charge in [0.25, 0.3) is 0 Å². The molecule has 0 unspecified atom stereocenters. The number of hydrogen-bond acceptors (Lipinski definition) is 6. The Labute approximate surface area is 563 Å². The Morgan fingerprint density at radius 1 is 0.200 bits per heavy atom. The summed E-state index contributed by atoms with van der Waals surface area (Å²) < 4.78 is 14.6. The monoisotopic (exact) mass is 1270 g/mol. The van der Waals surface area contributed by atoms with Crippen molar-refractivity contribution in [3.63, 3.8) is 0 Å². The molecule has 0 fully saturated rings. The van der Waals surface area contributed by atoms with Gasteiger partial charge >= 0.3 is 0 Å². The predicted octanol–water partition coefficient (Wildman–Crippen LogP) is 21.4. The van der Waals surface area contributed by atoms with Gasteiger partial charge in [-0.1, -0.05) is 158 Å². The zero-order chi connectivity index (χ0) is 64.5. The molecule has 25 aromatic rings. The van der Waals surface area contributed by atoms with Crippen LogP contribution in [-0.2, 0) is 0 Å². The molecule has 25 rings (SSSR count). The molecule has 0 aliphatic heterocycles. The van der Waals surface area contributed by atoms with Crippen LogP contribution in [0.1, 0.15) is 0 Å². The lowest BCUT2D eigenvalue weighted by molar-refractivity contribution is 1.14. The maximum absolute atomic E-state index is 6.11. The van der Waals surface area contributed by atoms with Gasteiger partial charge in [0.2, 0.25) is 0 Å². The van der Waals surface area contributed by atoms with Gasteiger partial charge in [0.1, 0.15) is 33.4 Å². The Hall–Kier alpha value is -13.8. The van der Waals surface area contributed by atoms with Gasteiger partial charge in [0.05, 0.1) is 101 Å². The normalized spacial score (nSPS) is 12.8. The largest absolute Gasteiger partial charge is 0.309 e. The van der Waals surface area contributed by atoms with Crippen LogP contribution in [0.3, 0.4) is 0 Å². The first kappa shape index (κ1) is 51.5. The Kier molecular flexibility index (Phi) is 9.36. The highest BCUT2D eigenvalue weighted by molar-refractivity contribution is 6.41. The van der Waals surface area contributed by atoms with Crippen molar-refractivity contribution in [3.8, 4) is 22.7 Å². The van der Waals surface area contributed by atoms with E-state index in [0.717, 1.165) is 176 Å². The Bertz CT molecular complexity index is 7370. The third-order valence-corrected chi connectivity index (χ3v) is 22.1. The van der Waals surface area contributed by atoms with Crippen LogP contribution in [0.2, 0.25) is 0 Å². The summed E-state index contributed by atoms with van der Waals surface area (Å²) in [5.41, 5.74) is 23.0. The second kappa shape index (κ2) is 18.2. The lowest BCUT2D eigenvalue weighted by Crippen LogP contribution is -1.98. The zero-order valence-electron chi connectivity index (χ0n) is 52.9. The van der Waals surface area contributed by atoms with E-state index in [9.17, 15) is 0 Å². The smallest absolute Gasteiger partial charge is 0.145 e. The molecule has 0 radical (unpaired) electrons. The van der Waals surface area contributed by atoms with E-state index < -0.39 is 0 Å². The fourth-order valence-corrected chi connectivity index (χ4v) is 18.3. The van der Waals surface area contributed by atoms with E-state index in [1.165, 1.54) is 43.1 Å². The molecule has 12 heteroatoms. The Morgan fingerprint density at radius 2 is 0.470 bits per heavy atom. The number of fused-ring (bicyclic) bond motifs is 34. The summed E-state index contributed by atoms with van der Waals surface area (Å²) in [6.07, 6.45) is 7.89. The second-order valence-electron chi connectivity index (χ2n) is 26.9. The Balaban J connectivity index is 0.929. The van der Waals surface area contributed by atoms with Gasteiger partial charge < -0.3 is 18.3 Å². The maximum atomic E-state index is 6.11. The summed E-state index contributed by atoms with van der Waals surface area (Å²) in [5.74, 6) is 0. The molecule has 0 saturated heterocycles. The molecule has 13 heterocycles. The lowest BCUT2D eigenvalue weighted by Gasteiger charge is -2.13. The SMILES string of the molecule is c1cnc2c(c1)c1cccnc1c1nc3c(nc21)c1c2cc(-n4c5ccccc5c5ccccc54)cc4c5cc(-n6c7ccccc7c7ccccc76)cnc5n(c42)c1c1c3c2cc(-n3c4ccccc4c4ccccc43)cc3c4cc(-n5c6ccccc6c6ccccc65)cnc4n1c32. The summed E-state index contributed by atoms with van der Waals surface area (Å²) >= 11 is 0. The average molecular weight is 1270 g/mol. The summed E-state index contributed by atoms with van der Waals surface area (Å²) in [6, 6.07) is 92.7. The molecule has 0 aliphatic carbocycles. The van der Waals surface area contributed by atoms with E-state index in [1.54, 1.807) is 0 Å². The highest BCUT2D eigenvalue weighted by atomic mass is 15.1. The first-order valence-electron chi connectivity index (χ1n) is 33.9. The van der Waals surface area contributed by atoms with Crippen LogP contribution in [0.25, 0.3) is 230 Å². The second-order valence-corrected chi connectivity index (χ2v) is 26.9. The van der Waals surface area contributed by atoms with Crippen molar-refractivity contribution in [1.82, 2.24) is 57.0 Å². The molecule has 0 bridgehead atoms. The summed E-state index contributed by atoms with van der Waals surface area (Å²) in [7, 11) is 0. The molecular formula is C88H46N12. The van der Waals surface area contributed by atoms with E-state index in [4.69, 9.17) is 29.9 Å². The molecule has 458 valence electrons. The quantitative estimate of drug-likeness (QED) is 0.128. The lowest BCUT2D eigenvalue weighted by atomic mass is 10.0. The molecule has 0 spiro atoms. The summed E-state index contributed by atoms with van der Waals surface area (Å²) in [5, 5.41) is 19.6. The third kappa shape index (κ3) is 6.21. The molecule has 0 aliphatic rings. The average Bonchev–Trinajstić information content (AvgIpc) is 1.48. The summed E-state index contributed by atoms with van der Waals surface area (Å²) in [6.45, 7) is 0. The van der Waals surface area contributed by atoms with Gasteiger partial charge in [-0.25, -0.2) is 19.9 Å². The number of aromatic nitrogens is 12. The minimum absolute atomic E-state index is 0.688. The van der Waals surface area contributed by atoms with Gasteiger partial charge in [0.15, 0.2) is 0 Å². The van der Waals surface area contributed by atoms with Gasteiger partial charge in [-0.05, 0) is 97.1 Å². The van der Waals surface area contributed by atoms with Crippen molar-refractivity contribution < 1.29 is 0 Å². The number of benzene rings is 12. The molecule has 0 amide bonds. The van der Waals surface area contributed by atoms with E-state index in [0.29, 0.717) is 11.0 Å². The zero-order valence-corrected chi connectivity index (χ0v) is 52.9. The van der Waals surface area contributed by atoms with Crippen molar-refractivity contribution >= 4 is 208 Å². The third-order valence-electron chi connectivity index (χ3n) is 22.1. The molecule has 100 heavy (non-hydrogen) atoms. The van der Waals surface area contributed by atoms with Crippen LogP contribution < -0.4 is 0 Å². The predicted molar refractivity (Wildman–Crippen MR) is 410 cm³/mol. The van der Waals surface area contributed by atoms with Crippen molar-refractivity contribution in [2.24, 2.45) is 0 Å². The van der Waals surface area contributed by atoms with Crippen molar-refractivity contribution in [2.45, 2.75) is 0 Å². The van der Waals surface area contributed by atoms with E-state index in [2.05, 4.69) is 282 Å². The highest BCUT2D eigenvalue weighted by Gasteiger charge is 2.33. The number of nitrogens with zero attached hydrogens (tertiary/aromatic N) is 12. The molecule has 0 atom stereocenters. The molecule has 0 saturated carbocycles. The minimum atomic E-state index is 0.688. The van der Waals surface area contributed by atoms with Gasteiger partial charge in [-0.2, -0.15) is 0 Å². The van der Waals surface area contributed by atoms with Crippen molar-refractivity contribution in [2.75, 3.05) is 0 Å². The topological polar surface area (TPSA) is 106 Å². The van der Waals surface area contributed by atoms with Crippen LogP contribution in [0.4, 0.5) is 0 Å². The Morgan fingerprint density at radius 3 is 0.790 bits per heavy atom. The molecule has 12 nitrogen and oxygen atoms in total.